The van der Waals surface area contributed by atoms with E-state index >= 15 is 0 Å². The molecule has 5 aliphatic rings. The Labute approximate surface area is 191 Å². The van der Waals surface area contributed by atoms with E-state index in [9.17, 15) is 0 Å². The van der Waals surface area contributed by atoms with E-state index in [1.807, 2.05) is 11.1 Å². The van der Waals surface area contributed by atoms with Gasteiger partial charge >= 0.3 is 0 Å². The molecule has 6 unspecified atom stereocenters. The first-order chi connectivity index (χ1) is 14.7. The highest BCUT2D eigenvalue weighted by Crippen LogP contribution is 2.68. The molecular formula is C30H45N. The molecule has 170 valence electrons. The van der Waals surface area contributed by atoms with Crippen LogP contribution in [0.5, 0.6) is 0 Å². The van der Waals surface area contributed by atoms with Gasteiger partial charge in [-0.2, -0.15) is 0 Å². The summed E-state index contributed by atoms with van der Waals surface area (Å²) in [5.41, 5.74) is 7.40. The molecule has 1 heteroatoms. The number of hydrogen-bond acceptors (Lipinski definition) is 1. The number of hydrogen-bond donors (Lipinski definition) is 0. The van der Waals surface area contributed by atoms with Crippen molar-refractivity contribution in [2.75, 3.05) is 0 Å². The van der Waals surface area contributed by atoms with E-state index in [1.54, 1.807) is 0 Å². The molecule has 0 amide bonds. The Morgan fingerprint density at radius 3 is 2.58 bits per heavy atom. The maximum atomic E-state index is 4.98. The number of rotatable bonds is 3. The van der Waals surface area contributed by atoms with Crippen molar-refractivity contribution in [1.29, 1.82) is 0 Å². The van der Waals surface area contributed by atoms with Gasteiger partial charge < -0.3 is 0 Å². The summed E-state index contributed by atoms with van der Waals surface area (Å²) in [6, 6.07) is 0. The molecule has 0 N–H and O–H groups in total. The number of fused-ring (bicyclic) bond motifs is 5. The van der Waals surface area contributed by atoms with Gasteiger partial charge in [-0.15, -0.1) is 0 Å². The third-order valence-corrected chi connectivity index (χ3v) is 11.0. The SMILES string of the molecule is C=C(N=C(C)CC)C1C(C)CC2C3CC=C4CC5(CCCC5)CCC4(C)C3=CCC21C. The van der Waals surface area contributed by atoms with Gasteiger partial charge in [0.05, 0.1) is 0 Å². The van der Waals surface area contributed by atoms with Gasteiger partial charge in [-0.3, -0.25) is 4.99 Å². The average Bonchev–Trinajstić information content (AvgIpc) is 3.29. The van der Waals surface area contributed by atoms with Crippen molar-refractivity contribution in [3.63, 3.8) is 0 Å². The number of aliphatic imine (C=N–C) groups is 1. The molecule has 0 bridgehead atoms. The summed E-state index contributed by atoms with van der Waals surface area (Å²) >= 11 is 0. The van der Waals surface area contributed by atoms with Crippen LogP contribution < -0.4 is 0 Å². The minimum absolute atomic E-state index is 0.325. The second kappa shape index (κ2) is 7.46. The fraction of sp³-hybridized carbons (Fsp3) is 0.767. The van der Waals surface area contributed by atoms with Crippen molar-refractivity contribution in [3.05, 3.63) is 35.6 Å². The Kier molecular flexibility index (Phi) is 5.23. The van der Waals surface area contributed by atoms with Crippen LogP contribution in [-0.2, 0) is 0 Å². The molecule has 0 aromatic carbocycles. The first-order valence-corrected chi connectivity index (χ1v) is 13.4. The zero-order valence-corrected chi connectivity index (χ0v) is 20.9. The summed E-state index contributed by atoms with van der Waals surface area (Å²) in [5.74, 6) is 2.76. The van der Waals surface area contributed by atoms with E-state index in [-0.39, 0.29) is 0 Å². The lowest BCUT2D eigenvalue weighted by molar-refractivity contribution is 0.0902. The first-order valence-electron chi connectivity index (χ1n) is 13.4. The first kappa shape index (κ1) is 21.7. The second-order valence-corrected chi connectivity index (χ2v) is 12.6. The van der Waals surface area contributed by atoms with Crippen LogP contribution in [-0.4, -0.2) is 5.71 Å². The van der Waals surface area contributed by atoms with Crippen molar-refractivity contribution < 1.29 is 0 Å². The highest BCUT2D eigenvalue weighted by Gasteiger charge is 2.59. The van der Waals surface area contributed by atoms with Crippen LogP contribution >= 0.6 is 0 Å². The van der Waals surface area contributed by atoms with E-state index in [4.69, 9.17) is 4.99 Å². The smallest absolute Gasteiger partial charge is 0.0370 e. The maximum Gasteiger partial charge on any atom is 0.0370 e. The van der Waals surface area contributed by atoms with Crippen LogP contribution in [0.2, 0.25) is 0 Å². The van der Waals surface area contributed by atoms with E-state index in [1.165, 1.54) is 69.9 Å². The molecule has 0 saturated heterocycles. The summed E-state index contributed by atoms with van der Waals surface area (Å²) in [6.45, 7) is 16.6. The van der Waals surface area contributed by atoms with Crippen LogP contribution in [0.3, 0.4) is 0 Å². The van der Waals surface area contributed by atoms with Gasteiger partial charge in [0.1, 0.15) is 0 Å². The Morgan fingerprint density at radius 1 is 1.13 bits per heavy atom. The molecule has 1 spiro atoms. The van der Waals surface area contributed by atoms with Gasteiger partial charge in [0.15, 0.2) is 0 Å². The molecule has 31 heavy (non-hydrogen) atoms. The van der Waals surface area contributed by atoms with Crippen molar-refractivity contribution in [2.45, 2.75) is 105 Å². The van der Waals surface area contributed by atoms with E-state index in [2.05, 4.69) is 53.3 Å². The van der Waals surface area contributed by atoms with Crippen LogP contribution in [0.25, 0.3) is 0 Å². The minimum Gasteiger partial charge on any atom is -0.263 e. The van der Waals surface area contributed by atoms with Crippen molar-refractivity contribution in [3.8, 4) is 0 Å². The van der Waals surface area contributed by atoms with Crippen LogP contribution in [0, 0.1) is 39.9 Å². The van der Waals surface area contributed by atoms with E-state index < -0.39 is 0 Å². The Balaban J connectivity index is 1.45. The predicted octanol–water partition coefficient (Wildman–Crippen LogP) is 8.68. The van der Waals surface area contributed by atoms with Gasteiger partial charge in [0, 0.05) is 22.7 Å². The molecule has 6 atom stereocenters. The molecule has 1 nitrogen and oxygen atoms in total. The van der Waals surface area contributed by atoms with Gasteiger partial charge in [-0.1, -0.05) is 70.4 Å². The fourth-order valence-electron chi connectivity index (χ4n) is 9.13. The molecule has 0 radical (unpaired) electrons. The summed E-state index contributed by atoms with van der Waals surface area (Å²) in [6.07, 6.45) is 20.5. The summed E-state index contributed by atoms with van der Waals surface area (Å²) in [7, 11) is 0. The molecule has 5 rings (SSSR count). The fourth-order valence-corrected chi connectivity index (χ4v) is 9.13. The van der Waals surface area contributed by atoms with Crippen molar-refractivity contribution in [1.82, 2.24) is 0 Å². The highest BCUT2D eigenvalue weighted by molar-refractivity contribution is 5.82. The molecule has 3 saturated carbocycles. The Hall–Kier alpha value is -1.11. The van der Waals surface area contributed by atoms with Gasteiger partial charge in [0.25, 0.3) is 0 Å². The van der Waals surface area contributed by atoms with Crippen molar-refractivity contribution >= 4 is 5.71 Å². The lowest BCUT2D eigenvalue weighted by Crippen LogP contribution is -2.45. The largest absolute Gasteiger partial charge is 0.263 e. The normalized spacial score (nSPS) is 43.7. The third-order valence-electron chi connectivity index (χ3n) is 11.0. The zero-order valence-electron chi connectivity index (χ0n) is 20.9. The van der Waals surface area contributed by atoms with E-state index in [0.29, 0.717) is 28.1 Å². The van der Waals surface area contributed by atoms with Gasteiger partial charge in [-0.25, -0.2) is 0 Å². The quantitative estimate of drug-likeness (QED) is 0.320. The lowest BCUT2D eigenvalue weighted by Gasteiger charge is -2.55. The molecule has 0 aromatic heterocycles. The topological polar surface area (TPSA) is 12.4 Å². The zero-order chi connectivity index (χ0) is 22.0. The van der Waals surface area contributed by atoms with E-state index in [0.717, 1.165) is 24.0 Å². The third kappa shape index (κ3) is 3.19. The molecule has 5 aliphatic carbocycles. The molecule has 3 fully saturated rings. The standard InChI is InChI=1S/C30H45N/c1-7-21(3)31-22(4)27-20(2)18-26-24-11-10-23-19-30(13-8-9-14-30)17-16-28(23,5)25(24)12-15-29(26,27)6/h10,12,20,24,26-27H,4,7-9,11,13-19H2,1-3,5-6H3. The van der Waals surface area contributed by atoms with Crippen LogP contribution in [0.4, 0.5) is 0 Å². The molecule has 0 aliphatic heterocycles. The Morgan fingerprint density at radius 2 is 1.87 bits per heavy atom. The lowest BCUT2D eigenvalue weighted by atomic mass is 9.49. The number of nitrogens with zero attached hydrogens (tertiary/aromatic N) is 1. The highest BCUT2D eigenvalue weighted by atomic mass is 14.8. The van der Waals surface area contributed by atoms with Crippen LogP contribution in [0.15, 0.2) is 40.6 Å². The number of allylic oxidation sites excluding steroid dienone is 5. The summed E-state index contributed by atoms with van der Waals surface area (Å²) in [4.78, 5) is 4.98. The minimum atomic E-state index is 0.325. The van der Waals surface area contributed by atoms with Crippen LogP contribution in [0.1, 0.15) is 105 Å². The summed E-state index contributed by atoms with van der Waals surface area (Å²) < 4.78 is 0. The molecule has 0 aromatic rings. The monoisotopic (exact) mass is 419 g/mol. The van der Waals surface area contributed by atoms with Gasteiger partial charge in [-0.05, 0) is 93.3 Å². The van der Waals surface area contributed by atoms with Gasteiger partial charge in [0.2, 0.25) is 0 Å². The Bertz CT molecular complexity index is 850. The predicted molar refractivity (Wildman–Crippen MR) is 133 cm³/mol. The van der Waals surface area contributed by atoms with Crippen molar-refractivity contribution in [2.24, 2.45) is 44.9 Å². The molecule has 0 heterocycles. The second-order valence-electron chi connectivity index (χ2n) is 12.6. The average molecular weight is 420 g/mol. The maximum absolute atomic E-state index is 4.98. The summed E-state index contributed by atoms with van der Waals surface area (Å²) in [5, 5.41) is 0. The molecular weight excluding hydrogens is 374 g/mol.